The number of nitrogens with one attached hydrogen (secondary N) is 1. The number of hydrogen-bond acceptors (Lipinski definition) is 5. The van der Waals surface area contributed by atoms with E-state index >= 15 is 0 Å². The number of halogens is 5. The van der Waals surface area contributed by atoms with Gasteiger partial charge in [-0.2, -0.15) is 5.48 Å². The summed E-state index contributed by atoms with van der Waals surface area (Å²) < 4.78 is 20.6. The van der Waals surface area contributed by atoms with Gasteiger partial charge in [-0.25, -0.2) is 0 Å². The van der Waals surface area contributed by atoms with Crippen molar-refractivity contribution in [1.82, 2.24) is 5.48 Å². The van der Waals surface area contributed by atoms with E-state index in [9.17, 15) is 13.9 Å². The highest BCUT2D eigenvalue weighted by Crippen LogP contribution is 2.61. The lowest BCUT2D eigenvalue weighted by Gasteiger charge is -2.12. The monoisotopic (exact) mass is 447 g/mol. The Bertz CT molecular complexity index is 553. The maximum absolute atomic E-state index is 11.3. The van der Waals surface area contributed by atoms with Gasteiger partial charge in [0.25, 0.3) is 0 Å². The smallest absolute Gasteiger partial charge is 0.296 e. The second-order valence-corrected chi connectivity index (χ2v) is 15.2. The second-order valence-electron chi connectivity index (χ2n) is 3.81. The van der Waals surface area contributed by atoms with Crippen LogP contribution < -0.4 is 5.48 Å². The van der Waals surface area contributed by atoms with Crippen LogP contribution in [0.15, 0.2) is 30.3 Å². The molecule has 1 aromatic rings. The van der Waals surface area contributed by atoms with Crippen molar-refractivity contribution in [3.63, 3.8) is 0 Å². The molecule has 1 N–H and O–H groups in total. The minimum Gasteiger partial charge on any atom is -0.296 e. The van der Waals surface area contributed by atoms with Crippen molar-refractivity contribution in [1.29, 1.82) is 0 Å². The minimum absolute atomic E-state index is 0.285. The summed E-state index contributed by atoms with van der Waals surface area (Å²) in [4.78, 5) is 16.4. The summed E-state index contributed by atoms with van der Waals surface area (Å²) in [7, 11) is 0. The fraction of sp³-hybridized carbons (Fsp3) is 0.300. The number of rotatable bonds is 6. The van der Waals surface area contributed by atoms with Gasteiger partial charge in [-0.3, -0.25) is 18.8 Å². The van der Waals surface area contributed by atoms with Crippen molar-refractivity contribution in [3.8, 4) is 0 Å². The first-order valence-corrected chi connectivity index (χ1v) is 13.5. The third-order valence-electron chi connectivity index (χ3n) is 1.97. The quantitative estimate of drug-likeness (QED) is 0.419. The van der Waals surface area contributed by atoms with Crippen LogP contribution in [0, 0.1) is 0 Å². The summed E-state index contributed by atoms with van der Waals surface area (Å²) in [5.74, 6) is -3.76. The second kappa shape index (κ2) is 10.6. The Morgan fingerprint density at radius 2 is 1.59 bits per heavy atom. The number of hydroxylamine groups is 1. The maximum atomic E-state index is 11.3. The Kier molecular flexibility index (Phi) is 10.9. The largest absolute Gasteiger partial charge is 0.339 e. The highest BCUT2D eigenvalue weighted by molar-refractivity contribution is 8.24. The van der Waals surface area contributed by atoms with Crippen molar-refractivity contribution in [2.24, 2.45) is 0 Å². The van der Waals surface area contributed by atoms with E-state index in [0.29, 0.717) is 0 Å². The summed E-state index contributed by atoms with van der Waals surface area (Å²) >= 11 is 24.4. The Balaban J connectivity index is 0.000000763. The van der Waals surface area contributed by atoms with Crippen molar-refractivity contribution in [3.05, 3.63) is 35.9 Å². The van der Waals surface area contributed by atoms with E-state index < -0.39 is 22.6 Å². The summed E-state index contributed by atoms with van der Waals surface area (Å²) in [5.41, 5.74) is 2.62. The first-order chi connectivity index (χ1) is 9.91. The molecule has 0 aromatic heterocycles. The van der Waals surface area contributed by atoms with E-state index in [0.717, 1.165) is 5.56 Å². The van der Waals surface area contributed by atoms with E-state index in [-0.39, 0.29) is 6.61 Å². The molecule has 126 valence electrons. The van der Waals surface area contributed by atoms with Gasteiger partial charge in [-0.1, -0.05) is 30.3 Å². The molecule has 0 radical (unpaired) electrons. The molecule has 0 saturated heterocycles. The van der Waals surface area contributed by atoms with E-state index in [2.05, 4.69) is 39.2 Å². The lowest BCUT2D eigenvalue weighted by molar-refractivity contribution is -0.117. The van der Waals surface area contributed by atoms with Gasteiger partial charge >= 0.3 is 11.0 Å². The van der Waals surface area contributed by atoms with Gasteiger partial charge in [0.15, 0.2) is 0 Å². The topological polar surface area (TPSA) is 72.5 Å². The molecule has 1 atom stereocenters. The van der Waals surface area contributed by atoms with Gasteiger partial charge in [0.05, 0.1) is 12.6 Å². The lowest BCUT2D eigenvalue weighted by Crippen LogP contribution is -2.32. The zero-order chi connectivity index (χ0) is 17.4. The molecule has 0 aliphatic heterocycles. The number of hydrogen-bond donors (Lipinski definition) is 1. The van der Waals surface area contributed by atoms with Crippen LogP contribution in [-0.2, 0) is 25.4 Å². The molecule has 0 aliphatic rings. The zero-order valence-electron chi connectivity index (χ0n) is 11.1. The van der Waals surface area contributed by atoms with Gasteiger partial charge in [0, 0.05) is 0 Å². The zero-order valence-corrected chi connectivity index (χ0v) is 16.7. The van der Waals surface area contributed by atoms with E-state index in [1.165, 1.54) is 6.92 Å². The van der Waals surface area contributed by atoms with Crippen LogP contribution in [0.2, 0.25) is 0 Å². The predicted molar refractivity (Wildman–Crippen MR) is 93.3 cm³/mol. The molecule has 1 rings (SSSR count). The SMILES string of the molecule is CC(NOCc1ccccc1)C(=O)P(=O)(Cl)Cl.O=P(Cl)(Cl)Cl. The maximum Gasteiger partial charge on any atom is 0.339 e. The van der Waals surface area contributed by atoms with Crippen LogP contribution in [0.3, 0.4) is 0 Å². The molecular weight excluding hydrogens is 437 g/mol. The molecule has 0 amide bonds. The molecule has 22 heavy (non-hydrogen) atoms. The van der Waals surface area contributed by atoms with Gasteiger partial charge in [-0.05, 0) is 68.7 Å². The third-order valence-corrected chi connectivity index (χ3v) is 3.87. The van der Waals surface area contributed by atoms with Crippen LogP contribution >= 0.6 is 67.3 Å². The van der Waals surface area contributed by atoms with Crippen molar-refractivity contribution in [2.75, 3.05) is 0 Å². The predicted octanol–water partition coefficient (Wildman–Crippen LogP) is 6.10. The van der Waals surface area contributed by atoms with Crippen LogP contribution in [-0.4, -0.2) is 11.6 Å². The number of carbonyl (C=O) groups excluding carboxylic acids is 1. The molecule has 0 spiro atoms. The lowest BCUT2D eigenvalue weighted by atomic mass is 10.2. The Morgan fingerprint density at radius 3 is 2.00 bits per heavy atom. The highest BCUT2D eigenvalue weighted by atomic mass is 36.0. The molecule has 0 bridgehead atoms. The fourth-order valence-corrected chi connectivity index (χ4v) is 2.48. The van der Waals surface area contributed by atoms with Gasteiger partial charge in [-0.15, -0.1) is 0 Å². The van der Waals surface area contributed by atoms with Gasteiger partial charge in [0.2, 0.25) is 5.52 Å². The third kappa shape index (κ3) is 13.2. The fourth-order valence-electron chi connectivity index (χ4n) is 1.10. The molecule has 0 fully saturated rings. The number of carbonyl (C=O) groups is 1. The summed E-state index contributed by atoms with van der Waals surface area (Å²) in [6.45, 7) is 1.76. The first kappa shape index (κ1) is 22.7. The minimum atomic E-state index is -3.76. The van der Waals surface area contributed by atoms with E-state index in [1.807, 2.05) is 30.3 Å². The molecule has 0 aliphatic carbocycles. The molecule has 1 aromatic carbocycles. The summed E-state index contributed by atoms with van der Waals surface area (Å²) in [5, 5.41) is -3.22. The highest BCUT2D eigenvalue weighted by Gasteiger charge is 2.30. The summed E-state index contributed by atoms with van der Waals surface area (Å²) in [6.07, 6.45) is 0. The van der Waals surface area contributed by atoms with Crippen LogP contribution in [0.1, 0.15) is 12.5 Å². The van der Waals surface area contributed by atoms with Gasteiger partial charge < -0.3 is 0 Å². The van der Waals surface area contributed by atoms with Crippen molar-refractivity contribution >= 4 is 72.8 Å². The van der Waals surface area contributed by atoms with Crippen LogP contribution in [0.5, 0.6) is 0 Å². The van der Waals surface area contributed by atoms with Crippen LogP contribution in [0.25, 0.3) is 0 Å². The molecule has 1 unspecified atom stereocenters. The van der Waals surface area contributed by atoms with E-state index in [4.69, 9.17) is 27.3 Å². The number of benzene rings is 1. The average Bonchev–Trinajstić information content (AvgIpc) is 2.36. The Hall–Kier alpha value is 0.720. The molecule has 12 heteroatoms. The van der Waals surface area contributed by atoms with Crippen LogP contribution in [0.4, 0.5) is 0 Å². The normalized spacial score (nSPS) is 13.0. The molecule has 0 saturated carbocycles. The molecular formula is C10H12Cl5NO4P2. The molecule has 0 heterocycles. The Morgan fingerprint density at radius 1 is 1.14 bits per heavy atom. The van der Waals surface area contributed by atoms with E-state index in [1.54, 1.807) is 0 Å². The Labute approximate surface area is 152 Å². The van der Waals surface area contributed by atoms with Crippen molar-refractivity contribution in [2.45, 2.75) is 19.6 Å². The summed E-state index contributed by atoms with van der Waals surface area (Å²) in [6, 6.07) is 8.57. The first-order valence-electron chi connectivity index (χ1n) is 5.55. The van der Waals surface area contributed by atoms with Crippen molar-refractivity contribution < 1.29 is 18.8 Å². The van der Waals surface area contributed by atoms with Gasteiger partial charge in [0.1, 0.15) is 0 Å². The standard InChI is InChI=1S/C10H12Cl2NO3P.Cl3OP/c1-8(10(14)17(11,12)15)13-16-7-9-5-3-2-4-6-9;1-5(2,3)4/h2-6,8,13H,7H2,1H3;. The average molecular weight is 449 g/mol. The molecule has 5 nitrogen and oxygen atoms in total.